The molecule has 84 valence electrons. The summed E-state index contributed by atoms with van der Waals surface area (Å²) in [6.07, 6.45) is 2.80. The van der Waals surface area contributed by atoms with Crippen LogP contribution in [0, 0.1) is 0 Å². The van der Waals surface area contributed by atoms with Crippen molar-refractivity contribution in [3.63, 3.8) is 0 Å². The smallest absolute Gasteiger partial charge is 0.160 e. The van der Waals surface area contributed by atoms with Crippen molar-refractivity contribution >= 4 is 0 Å². The van der Waals surface area contributed by atoms with Crippen molar-refractivity contribution < 1.29 is 9.47 Å². The molecule has 16 heavy (non-hydrogen) atoms. The Bertz CT molecular complexity index is 449. The van der Waals surface area contributed by atoms with Gasteiger partial charge in [-0.2, -0.15) is 0 Å². The average molecular weight is 217 g/mol. The van der Waals surface area contributed by atoms with Crippen LogP contribution in [0.2, 0.25) is 0 Å². The molecule has 0 saturated heterocycles. The lowest BCUT2D eigenvalue weighted by Crippen LogP contribution is -1.93. The van der Waals surface area contributed by atoms with Crippen LogP contribution in [0.1, 0.15) is 11.3 Å². The lowest BCUT2D eigenvalue weighted by atomic mass is 10.1. The predicted octanol–water partition coefficient (Wildman–Crippen LogP) is 2.62. The Hall–Kier alpha value is -1.90. The molecule has 0 aliphatic heterocycles. The van der Waals surface area contributed by atoms with Crippen molar-refractivity contribution in [2.24, 2.45) is 0 Å². The minimum Gasteiger partial charge on any atom is -0.493 e. The van der Waals surface area contributed by atoms with Crippen LogP contribution in [-0.4, -0.2) is 19.2 Å². The molecular formula is C13H15NO2. The van der Waals surface area contributed by atoms with Gasteiger partial charge in [0.15, 0.2) is 11.5 Å². The van der Waals surface area contributed by atoms with Gasteiger partial charge in [-0.15, -0.1) is 0 Å². The summed E-state index contributed by atoms with van der Waals surface area (Å²) < 4.78 is 10.5. The van der Waals surface area contributed by atoms with E-state index in [1.807, 2.05) is 30.5 Å². The largest absolute Gasteiger partial charge is 0.493 e. The van der Waals surface area contributed by atoms with Crippen LogP contribution in [0.4, 0.5) is 0 Å². The molecule has 2 aromatic rings. The molecule has 0 atom stereocenters. The van der Waals surface area contributed by atoms with Crippen LogP contribution in [0.5, 0.6) is 11.5 Å². The molecule has 1 aromatic heterocycles. The number of hydrogen-bond acceptors (Lipinski definition) is 2. The van der Waals surface area contributed by atoms with Crippen LogP contribution in [0.25, 0.3) is 0 Å². The molecule has 0 saturated carbocycles. The van der Waals surface area contributed by atoms with E-state index in [1.54, 1.807) is 14.2 Å². The van der Waals surface area contributed by atoms with E-state index in [0.29, 0.717) is 0 Å². The fourth-order valence-electron chi connectivity index (χ4n) is 1.69. The first-order chi connectivity index (χ1) is 7.83. The molecule has 3 nitrogen and oxygen atoms in total. The third-order valence-corrected chi connectivity index (χ3v) is 2.50. The van der Waals surface area contributed by atoms with Gasteiger partial charge in [-0.05, 0) is 29.8 Å². The van der Waals surface area contributed by atoms with Crippen LogP contribution in [0.15, 0.2) is 36.5 Å². The topological polar surface area (TPSA) is 34.2 Å². The zero-order valence-electron chi connectivity index (χ0n) is 9.49. The second-order valence-corrected chi connectivity index (χ2v) is 3.56. The normalized spacial score (nSPS) is 10.1. The molecule has 1 heterocycles. The van der Waals surface area contributed by atoms with Crippen LogP contribution in [0.3, 0.4) is 0 Å². The Morgan fingerprint density at radius 3 is 2.50 bits per heavy atom. The highest BCUT2D eigenvalue weighted by molar-refractivity contribution is 5.43. The number of H-pyrrole nitrogens is 1. The lowest BCUT2D eigenvalue weighted by Gasteiger charge is -2.09. The fourth-order valence-corrected chi connectivity index (χ4v) is 1.69. The summed E-state index contributed by atoms with van der Waals surface area (Å²) in [5.74, 6) is 1.53. The van der Waals surface area contributed by atoms with E-state index in [4.69, 9.17) is 9.47 Å². The Balaban J connectivity index is 2.22. The summed E-state index contributed by atoms with van der Waals surface area (Å²) in [4.78, 5) is 3.18. The highest BCUT2D eigenvalue weighted by Gasteiger charge is 2.05. The molecule has 3 heteroatoms. The van der Waals surface area contributed by atoms with Gasteiger partial charge in [0.05, 0.1) is 14.2 Å². The molecule has 0 radical (unpaired) electrons. The number of aromatic nitrogens is 1. The van der Waals surface area contributed by atoms with E-state index in [-0.39, 0.29) is 0 Å². The zero-order valence-corrected chi connectivity index (χ0v) is 9.49. The fraction of sp³-hybridized carbons (Fsp3) is 0.231. The first-order valence-electron chi connectivity index (χ1n) is 5.16. The first kappa shape index (κ1) is 10.6. The van der Waals surface area contributed by atoms with Crippen LogP contribution in [-0.2, 0) is 6.42 Å². The summed E-state index contributed by atoms with van der Waals surface area (Å²) >= 11 is 0. The van der Waals surface area contributed by atoms with E-state index in [0.717, 1.165) is 17.9 Å². The maximum atomic E-state index is 5.26. The van der Waals surface area contributed by atoms with Gasteiger partial charge in [-0.1, -0.05) is 6.07 Å². The standard InChI is InChI=1S/C13H15NO2/c1-15-12-6-5-10(9-13(12)16-2)8-11-4-3-7-14-11/h3-7,9,14H,8H2,1-2H3. The summed E-state index contributed by atoms with van der Waals surface area (Å²) in [5.41, 5.74) is 2.38. The van der Waals surface area contributed by atoms with E-state index >= 15 is 0 Å². The van der Waals surface area contributed by atoms with Gasteiger partial charge in [0.1, 0.15) is 0 Å². The second-order valence-electron chi connectivity index (χ2n) is 3.56. The number of hydrogen-bond donors (Lipinski definition) is 1. The minimum atomic E-state index is 0.762. The molecule has 0 unspecified atom stereocenters. The number of rotatable bonds is 4. The Kier molecular flexibility index (Phi) is 3.15. The van der Waals surface area contributed by atoms with E-state index in [9.17, 15) is 0 Å². The molecule has 0 spiro atoms. The number of nitrogens with one attached hydrogen (secondary N) is 1. The molecule has 0 aliphatic rings. The summed E-state index contributed by atoms with van der Waals surface area (Å²) in [7, 11) is 3.29. The van der Waals surface area contributed by atoms with Crippen LogP contribution < -0.4 is 9.47 Å². The molecule has 0 amide bonds. The van der Waals surface area contributed by atoms with Crippen molar-refractivity contribution in [3.8, 4) is 11.5 Å². The van der Waals surface area contributed by atoms with Gasteiger partial charge in [0.2, 0.25) is 0 Å². The Morgan fingerprint density at radius 2 is 1.88 bits per heavy atom. The lowest BCUT2D eigenvalue weighted by molar-refractivity contribution is 0.354. The van der Waals surface area contributed by atoms with Gasteiger partial charge >= 0.3 is 0 Å². The van der Waals surface area contributed by atoms with Gasteiger partial charge in [-0.3, -0.25) is 0 Å². The quantitative estimate of drug-likeness (QED) is 0.854. The van der Waals surface area contributed by atoms with E-state index in [1.165, 1.54) is 11.3 Å². The van der Waals surface area contributed by atoms with Crippen molar-refractivity contribution in [2.45, 2.75) is 6.42 Å². The summed E-state index contributed by atoms with van der Waals surface area (Å²) in [5, 5.41) is 0. The zero-order chi connectivity index (χ0) is 11.4. The minimum absolute atomic E-state index is 0.762. The molecule has 1 aromatic carbocycles. The Labute approximate surface area is 95.0 Å². The van der Waals surface area contributed by atoms with Crippen molar-refractivity contribution in [2.75, 3.05) is 14.2 Å². The predicted molar refractivity (Wildman–Crippen MR) is 63.1 cm³/mol. The molecule has 0 fully saturated rings. The first-order valence-corrected chi connectivity index (χ1v) is 5.16. The van der Waals surface area contributed by atoms with Crippen molar-refractivity contribution in [1.29, 1.82) is 0 Å². The van der Waals surface area contributed by atoms with Crippen molar-refractivity contribution in [1.82, 2.24) is 4.98 Å². The van der Waals surface area contributed by atoms with Gasteiger partial charge in [-0.25, -0.2) is 0 Å². The second kappa shape index (κ2) is 4.75. The highest BCUT2D eigenvalue weighted by atomic mass is 16.5. The van der Waals surface area contributed by atoms with Gasteiger partial charge < -0.3 is 14.5 Å². The number of ether oxygens (including phenoxy) is 2. The van der Waals surface area contributed by atoms with E-state index < -0.39 is 0 Å². The monoisotopic (exact) mass is 217 g/mol. The number of methoxy groups -OCH3 is 2. The average Bonchev–Trinajstić information content (AvgIpc) is 2.81. The molecule has 0 aliphatic carbocycles. The van der Waals surface area contributed by atoms with E-state index in [2.05, 4.69) is 11.1 Å². The Morgan fingerprint density at radius 1 is 1.06 bits per heavy atom. The third kappa shape index (κ3) is 2.19. The molecule has 0 bridgehead atoms. The molecular weight excluding hydrogens is 202 g/mol. The number of benzene rings is 1. The summed E-state index contributed by atoms with van der Waals surface area (Å²) in [6.45, 7) is 0. The van der Waals surface area contributed by atoms with Crippen molar-refractivity contribution in [3.05, 3.63) is 47.8 Å². The maximum Gasteiger partial charge on any atom is 0.160 e. The third-order valence-electron chi connectivity index (χ3n) is 2.50. The maximum absolute atomic E-state index is 5.26. The highest BCUT2D eigenvalue weighted by Crippen LogP contribution is 2.28. The molecule has 2 rings (SSSR count). The summed E-state index contributed by atoms with van der Waals surface area (Å²) in [6, 6.07) is 10.0. The SMILES string of the molecule is COc1ccc(Cc2ccc[nH]2)cc1OC. The van der Waals surface area contributed by atoms with Gasteiger partial charge in [0.25, 0.3) is 0 Å². The number of aromatic amines is 1. The molecule has 1 N–H and O–H groups in total. The van der Waals surface area contributed by atoms with Crippen LogP contribution >= 0.6 is 0 Å². The van der Waals surface area contributed by atoms with Gasteiger partial charge in [0, 0.05) is 18.3 Å².